The number of hydrogen-bond acceptors (Lipinski definition) is 5. The predicted molar refractivity (Wildman–Crippen MR) is 98.9 cm³/mol. The highest BCUT2D eigenvalue weighted by atomic mass is 19.1. The lowest BCUT2D eigenvalue weighted by Crippen LogP contribution is -2.45. The van der Waals surface area contributed by atoms with Crippen molar-refractivity contribution in [2.24, 2.45) is 0 Å². The number of carbonyl (C=O) groups excluding carboxylic acids is 1. The average molecular weight is 370 g/mol. The van der Waals surface area contributed by atoms with Gasteiger partial charge >= 0.3 is 0 Å². The van der Waals surface area contributed by atoms with E-state index in [1.165, 1.54) is 12.1 Å². The molecule has 3 heterocycles. The van der Waals surface area contributed by atoms with Gasteiger partial charge < -0.3 is 14.9 Å². The van der Waals surface area contributed by atoms with Gasteiger partial charge in [-0.2, -0.15) is 0 Å². The van der Waals surface area contributed by atoms with E-state index >= 15 is 0 Å². The van der Waals surface area contributed by atoms with E-state index in [4.69, 9.17) is 0 Å². The number of halogens is 1. The predicted octanol–water partition coefficient (Wildman–Crippen LogP) is 2.34. The molecule has 0 atom stereocenters. The Morgan fingerprint density at radius 2 is 1.59 bits per heavy atom. The Labute approximate surface area is 157 Å². The summed E-state index contributed by atoms with van der Waals surface area (Å²) >= 11 is 0. The summed E-state index contributed by atoms with van der Waals surface area (Å²) in [6, 6.07) is 5.92. The Bertz CT molecular complexity index is 796. The van der Waals surface area contributed by atoms with Crippen LogP contribution in [0.4, 0.5) is 10.3 Å². The number of carbonyl (C=O) groups is 1. The number of nitrogens with zero attached hydrogens (tertiary/aromatic N) is 4. The van der Waals surface area contributed by atoms with E-state index in [0.717, 1.165) is 25.9 Å². The first-order chi connectivity index (χ1) is 13.0. The number of hydrogen-bond donors (Lipinski definition) is 1. The lowest BCUT2D eigenvalue weighted by molar-refractivity contribution is -0.0211. The highest BCUT2D eigenvalue weighted by Crippen LogP contribution is 2.33. The van der Waals surface area contributed by atoms with E-state index in [0.29, 0.717) is 43.0 Å². The quantitative estimate of drug-likeness (QED) is 0.898. The van der Waals surface area contributed by atoms with E-state index in [-0.39, 0.29) is 11.7 Å². The summed E-state index contributed by atoms with van der Waals surface area (Å²) in [6.45, 7) is 2.78. The molecular formula is C20H23FN4O2. The maximum atomic E-state index is 13.1. The fraction of sp³-hybridized carbons (Fsp3) is 0.450. The molecule has 0 bridgehead atoms. The molecule has 0 unspecified atom stereocenters. The van der Waals surface area contributed by atoms with Crippen molar-refractivity contribution < 1.29 is 14.3 Å². The van der Waals surface area contributed by atoms with Crippen molar-refractivity contribution in [2.45, 2.75) is 31.3 Å². The molecule has 142 valence electrons. The zero-order chi connectivity index (χ0) is 18.9. The van der Waals surface area contributed by atoms with Crippen LogP contribution in [-0.4, -0.2) is 52.1 Å². The first-order valence-electron chi connectivity index (χ1n) is 9.40. The number of likely N-dealkylation sites (tertiary alicyclic amines) is 1. The lowest BCUT2D eigenvalue weighted by atomic mass is 9.84. The van der Waals surface area contributed by atoms with Crippen molar-refractivity contribution in [2.75, 3.05) is 31.1 Å². The number of amides is 1. The number of rotatable bonds is 3. The van der Waals surface area contributed by atoms with Crippen molar-refractivity contribution in [3.8, 4) is 0 Å². The molecule has 2 saturated heterocycles. The highest BCUT2D eigenvalue weighted by molar-refractivity contribution is 5.93. The van der Waals surface area contributed by atoms with Gasteiger partial charge in [-0.25, -0.2) is 14.4 Å². The summed E-state index contributed by atoms with van der Waals surface area (Å²) < 4.78 is 13.1. The molecule has 2 aromatic rings. The molecule has 7 heteroatoms. The summed E-state index contributed by atoms with van der Waals surface area (Å²) in [5.41, 5.74) is 0.125. The van der Waals surface area contributed by atoms with Gasteiger partial charge in [0, 0.05) is 38.6 Å². The van der Waals surface area contributed by atoms with Crippen LogP contribution in [0.5, 0.6) is 0 Å². The molecule has 1 amide bonds. The highest BCUT2D eigenvalue weighted by Gasteiger charge is 2.35. The summed E-state index contributed by atoms with van der Waals surface area (Å²) in [6.07, 6.45) is 6.30. The van der Waals surface area contributed by atoms with Crippen LogP contribution in [0.1, 0.15) is 41.6 Å². The second kappa shape index (κ2) is 7.23. The second-order valence-electron chi connectivity index (χ2n) is 7.30. The monoisotopic (exact) mass is 370 g/mol. The van der Waals surface area contributed by atoms with Crippen LogP contribution in [0.2, 0.25) is 0 Å². The van der Waals surface area contributed by atoms with Gasteiger partial charge in [-0.3, -0.25) is 4.79 Å². The zero-order valence-electron chi connectivity index (χ0n) is 15.1. The maximum absolute atomic E-state index is 13.1. The minimum atomic E-state index is -1.03. The summed E-state index contributed by atoms with van der Waals surface area (Å²) in [5.74, 6) is 0.227. The van der Waals surface area contributed by atoms with Gasteiger partial charge in [-0.15, -0.1) is 0 Å². The molecule has 0 aliphatic carbocycles. The number of anilines is 1. The van der Waals surface area contributed by atoms with E-state index in [9.17, 15) is 14.3 Å². The molecule has 4 rings (SSSR count). The van der Waals surface area contributed by atoms with Crippen LogP contribution in [0, 0.1) is 5.82 Å². The normalized spacial score (nSPS) is 19.3. The average Bonchev–Trinajstić information content (AvgIpc) is 3.23. The van der Waals surface area contributed by atoms with Crippen molar-refractivity contribution in [3.05, 3.63) is 53.6 Å². The van der Waals surface area contributed by atoms with Crippen LogP contribution in [0.15, 0.2) is 36.7 Å². The fourth-order valence-electron chi connectivity index (χ4n) is 3.82. The third kappa shape index (κ3) is 3.64. The van der Waals surface area contributed by atoms with Crippen LogP contribution in [0.25, 0.3) is 0 Å². The smallest absolute Gasteiger partial charge is 0.256 e. The van der Waals surface area contributed by atoms with Gasteiger partial charge in [0.1, 0.15) is 5.82 Å². The van der Waals surface area contributed by atoms with Crippen LogP contribution < -0.4 is 4.90 Å². The third-order valence-corrected chi connectivity index (χ3v) is 5.53. The Balaban J connectivity index is 1.40. The first-order valence-corrected chi connectivity index (χ1v) is 9.40. The first kappa shape index (κ1) is 17.9. The number of aromatic nitrogens is 2. The van der Waals surface area contributed by atoms with Gasteiger partial charge in [0.05, 0.1) is 11.2 Å². The maximum Gasteiger partial charge on any atom is 0.256 e. The van der Waals surface area contributed by atoms with Crippen LogP contribution in [-0.2, 0) is 5.60 Å². The van der Waals surface area contributed by atoms with E-state index in [2.05, 4.69) is 14.9 Å². The lowest BCUT2D eigenvalue weighted by Gasteiger charge is -2.38. The fourth-order valence-corrected chi connectivity index (χ4v) is 3.82. The summed E-state index contributed by atoms with van der Waals surface area (Å²) in [5, 5.41) is 10.9. The standard InChI is InChI=1S/C20H23FN4O2/c21-17-5-3-16(4-6-17)20(27)7-11-24(12-8-20)18(26)15-13-22-19(23-14-15)25-9-1-2-10-25/h3-6,13-14,27H,1-2,7-12H2. The van der Waals surface area contributed by atoms with Gasteiger partial charge in [0.2, 0.25) is 5.95 Å². The Morgan fingerprint density at radius 3 is 2.19 bits per heavy atom. The molecule has 1 N–H and O–H groups in total. The molecule has 0 radical (unpaired) electrons. The van der Waals surface area contributed by atoms with Gasteiger partial charge in [-0.1, -0.05) is 12.1 Å². The Kier molecular flexibility index (Phi) is 4.78. The third-order valence-electron chi connectivity index (χ3n) is 5.53. The molecule has 2 aliphatic heterocycles. The minimum Gasteiger partial charge on any atom is -0.385 e. The topological polar surface area (TPSA) is 69.6 Å². The van der Waals surface area contributed by atoms with Crippen molar-refractivity contribution in [1.29, 1.82) is 0 Å². The van der Waals surface area contributed by atoms with Gasteiger partial charge in [0.25, 0.3) is 5.91 Å². The molecule has 27 heavy (non-hydrogen) atoms. The van der Waals surface area contributed by atoms with E-state index in [1.54, 1.807) is 29.4 Å². The minimum absolute atomic E-state index is 0.121. The molecule has 0 spiro atoms. The van der Waals surface area contributed by atoms with Gasteiger partial charge in [-0.05, 0) is 43.4 Å². The Hall–Kier alpha value is -2.54. The number of benzene rings is 1. The Morgan fingerprint density at radius 1 is 1.00 bits per heavy atom. The number of aliphatic hydroxyl groups is 1. The molecule has 6 nitrogen and oxygen atoms in total. The second-order valence-corrected chi connectivity index (χ2v) is 7.30. The zero-order valence-corrected chi connectivity index (χ0v) is 15.1. The molecular weight excluding hydrogens is 347 g/mol. The van der Waals surface area contributed by atoms with Crippen LogP contribution in [0.3, 0.4) is 0 Å². The van der Waals surface area contributed by atoms with Gasteiger partial charge in [0.15, 0.2) is 0 Å². The van der Waals surface area contributed by atoms with E-state index in [1.807, 2.05) is 0 Å². The molecule has 1 aromatic carbocycles. The summed E-state index contributed by atoms with van der Waals surface area (Å²) in [7, 11) is 0. The molecule has 1 aromatic heterocycles. The largest absolute Gasteiger partial charge is 0.385 e. The SMILES string of the molecule is O=C(c1cnc(N2CCCC2)nc1)N1CCC(O)(c2ccc(F)cc2)CC1. The number of piperidine rings is 1. The summed E-state index contributed by atoms with van der Waals surface area (Å²) in [4.78, 5) is 25.2. The van der Waals surface area contributed by atoms with Crippen molar-refractivity contribution in [1.82, 2.24) is 14.9 Å². The van der Waals surface area contributed by atoms with E-state index < -0.39 is 5.60 Å². The molecule has 0 saturated carbocycles. The van der Waals surface area contributed by atoms with Crippen molar-refractivity contribution in [3.63, 3.8) is 0 Å². The van der Waals surface area contributed by atoms with Crippen LogP contribution >= 0.6 is 0 Å². The molecule has 2 aliphatic rings. The molecule has 2 fully saturated rings. The van der Waals surface area contributed by atoms with Crippen molar-refractivity contribution >= 4 is 11.9 Å².